The minimum Gasteiger partial charge on any atom is -0.636 e. The smallest absolute Gasteiger partial charge is 0.636 e. The summed E-state index contributed by atoms with van der Waals surface area (Å²) >= 11 is 0. The summed E-state index contributed by atoms with van der Waals surface area (Å²) in [7, 11) is 2.43. The number of hydrogen-bond donors (Lipinski definition) is 0. The van der Waals surface area contributed by atoms with Crippen LogP contribution in [0, 0.1) is 5.41 Å². The van der Waals surface area contributed by atoms with E-state index in [4.69, 9.17) is 18.9 Å². The van der Waals surface area contributed by atoms with Crippen molar-refractivity contribution in [3.05, 3.63) is 59.7 Å². The van der Waals surface area contributed by atoms with Gasteiger partial charge in [-0.15, -0.1) is 5.11 Å². The summed E-state index contributed by atoms with van der Waals surface area (Å²) in [6.45, 7) is 4.79. The minimum absolute atomic E-state index is 0. The number of hydrogen-bond acceptors (Lipinski definition) is 12. The van der Waals surface area contributed by atoms with Gasteiger partial charge >= 0.3 is 53.4 Å². The van der Waals surface area contributed by atoms with Crippen molar-refractivity contribution >= 4 is 23.9 Å². The Labute approximate surface area is 254 Å². The molecule has 40 heavy (non-hydrogen) atoms. The van der Waals surface area contributed by atoms with E-state index in [9.17, 15) is 24.4 Å². The van der Waals surface area contributed by atoms with Crippen LogP contribution in [0.1, 0.15) is 67.2 Å². The topological polar surface area (TPSA) is 162 Å². The van der Waals surface area contributed by atoms with E-state index < -0.39 is 34.8 Å². The molecule has 0 spiro atoms. The third-order valence-corrected chi connectivity index (χ3v) is 5.99. The van der Waals surface area contributed by atoms with Crippen molar-refractivity contribution in [2.24, 2.45) is 15.8 Å². The first kappa shape index (κ1) is 34.7. The third kappa shape index (κ3) is 9.40. The van der Waals surface area contributed by atoms with Gasteiger partial charge < -0.3 is 29.2 Å². The standard InChI is InChI=1S/C27H32N2O10.Na/c1-26(2,24(32)37-20-14-8-6-12-18(20)22(30)35-4)16-10-11-17-27(3,28-29-39-34)25(33)38-21-15-9-7-13-19(21)23(31)36-5;/h6-9,12-15,34H,10-11,16-17H2,1-5H3;/q;+1/p-1. The zero-order valence-corrected chi connectivity index (χ0v) is 25.4. The fourth-order valence-corrected chi connectivity index (χ4v) is 3.55. The molecule has 1 unspecified atom stereocenters. The van der Waals surface area contributed by atoms with Crippen LogP contribution in [0.5, 0.6) is 11.5 Å². The largest absolute Gasteiger partial charge is 1.00 e. The molecule has 0 N–H and O–H groups in total. The molecule has 0 amide bonds. The van der Waals surface area contributed by atoms with E-state index in [2.05, 4.69) is 15.4 Å². The number of rotatable bonds is 13. The van der Waals surface area contributed by atoms with Crippen molar-refractivity contribution < 1.29 is 77.9 Å². The van der Waals surface area contributed by atoms with E-state index in [-0.39, 0.29) is 58.6 Å². The first-order chi connectivity index (χ1) is 18.5. The Morgan fingerprint density at radius 1 is 0.750 bits per heavy atom. The van der Waals surface area contributed by atoms with Gasteiger partial charge in [-0.25, -0.2) is 14.4 Å². The minimum atomic E-state index is -1.63. The first-order valence-electron chi connectivity index (χ1n) is 12.0. The van der Waals surface area contributed by atoms with E-state index in [0.29, 0.717) is 19.3 Å². The maximum absolute atomic E-state index is 13.0. The predicted octanol–water partition coefficient (Wildman–Crippen LogP) is 0.779. The van der Waals surface area contributed by atoms with Gasteiger partial charge in [0.15, 0.2) is 5.54 Å². The Kier molecular flexibility index (Phi) is 13.9. The van der Waals surface area contributed by atoms with Crippen LogP contribution in [0.4, 0.5) is 0 Å². The van der Waals surface area contributed by atoms with Crippen LogP contribution in [0.3, 0.4) is 0 Å². The molecule has 12 nitrogen and oxygen atoms in total. The maximum atomic E-state index is 13.0. The van der Waals surface area contributed by atoms with Gasteiger partial charge in [0, 0.05) is 5.28 Å². The maximum Gasteiger partial charge on any atom is 1.00 e. The van der Waals surface area contributed by atoms with Crippen LogP contribution in [-0.2, 0) is 24.1 Å². The molecule has 0 aliphatic carbocycles. The number of carbonyl (C=O) groups excluding carboxylic acids is 4. The van der Waals surface area contributed by atoms with Crippen molar-refractivity contribution in [1.29, 1.82) is 0 Å². The molecule has 1 atom stereocenters. The molecule has 0 fully saturated rings. The van der Waals surface area contributed by atoms with Crippen molar-refractivity contribution in [1.82, 2.24) is 0 Å². The molecule has 0 saturated carbocycles. The Bertz CT molecular complexity index is 1220. The number of unbranched alkanes of at least 4 members (excludes halogenated alkanes) is 1. The summed E-state index contributed by atoms with van der Waals surface area (Å²) < 4.78 is 20.3. The van der Waals surface area contributed by atoms with Gasteiger partial charge in [-0.3, -0.25) is 4.79 Å². The molecule has 2 rings (SSSR count). The van der Waals surface area contributed by atoms with Gasteiger partial charge in [0.1, 0.15) is 22.6 Å². The Balaban J connectivity index is 0.00000800. The average molecular weight is 567 g/mol. The summed E-state index contributed by atoms with van der Waals surface area (Å²) in [4.78, 5) is 53.3. The zero-order chi connectivity index (χ0) is 29.1. The molecule has 2 aromatic rings. The predicted molar refractivity (Wildman–Crippen MR) is 133 cm³/mol. The van der Waals surface area contributed by atoms with Crippen LogP contribution < -0.4 is 44.3 Å². The van der Waals surface area contributed by atoms with Crippen LogP contribution in [-0.4, -0.2) is 43.6 Å². The van der Waals surface area contributed by atoms with E-state index >= 15 is 0 Å². The second-order valence-electron chi connectivity index (χ2n) is 9.38. The molecule has 0 aliphatic heterocycles. The molecular formula is C27H31N2NaO10. The van der Waals surface area contributed by atoms with Crippen molar-refractivity contribution in [2.45, 2.75) is 52.0 Å². The quantitative estimate of drug-likeness (QED) is 0.0644. The Morgan fingerprint density at radius 3 is 1.68 bits per heavy atom. The molecule has 13 heteroatoms. The number of carbonyl (C=O) groups is 4. The van der Waals surface area contributed by atoms with E-state index in [1.165, 1.54) is 45.4 Å². The first-order valence-corrected chi connectivity index (χ1v) is 12.0. The molecule has 0 heterocycles. The number of ether oxygens (including phenoxy) is 4. The number of nitrogens with zero attached hydrogens (tertiary/aromatic N) is 2. The number of benzene rings is 2. The van der Waals surface area contributed by atoms with E-state index in [1.54, 1.807) is 38.1 Å². The van der Waals surface area contributed by atoms with Gasteiger partial charge in [-0.1, -0.05) is 37.1 Å². The van der Waals surface area contributed by atoms with Crippen molar-refractivity contribution in [3.8, 4) is 11.5 Å². The van der Waals surface area contributed by atoms with Crippen LogP contribution in [0.25, 0.3) is 0 Å². The van der Waals surface area contributed by atoms with Gasteiger partial charge in [0.2, 0.25) is 0 Å². The normalized spacial score (nSPS) is 12.4. The van der Waals surface area contributed by atoms with Crippen LogP contribution >= 0.6 is 0 Å². The summed E-state index contributed by atoms with van der Waals surface area (Å²) in [6.07, 6.45) is 1.26. The van der Waals surface area contributed by atoms with Gasteiger partial charge in [0.25, 0.3) is 0 Å². The third-order valence-electron chi connectivity index (χ3n) is 5.99. The number of methoxy groups -OCH3 is 2. The molecular weight excluding hydrogens is 535 g/mol. The Hall–Kier alpha value is -3.32. The summed E-state index contributed by atoms with van der Waals surface area (Å²) in [5.74, 6) is -2.73. The summed E-state index contributed by atoms with van der Waals surface area (Å²) in [5.41, 5.74) is -2.42. The monoisotopic (exact) mass is 566 g/mol. The second kappa shape index (κ2) is 16.1. The van der Waals surface area contributed by atoms with Crippen molar-refractivity contribution in [2.75, 3.05) is 14.2 Å². The average Bonchev–Trinajstić information content (AvgIpc) is 2.93. The van der Waals surface area contributed by atoms with Gasteiger partial charge in [-0.2, -0.15) is 0 Å². The number of para-hydroxylation sites is 2. The molecule has 0 saturated heterocycles. The van der Waals surface area contributed by atoms with Gasteiger partial charge in [-0.05, 0) is 57.9 Å². The van der Waals surface area contributed by atoms with E-state index in [1.807, 2.05) is 0 Å². The van der Waals surface area contributed by atoms with Gasteiger partial charge in [0.05, 0.1) is 19.6 Å². The van der Waals surface area contributed by atoms with Crippen LogP contribution in [0.2, 0.25) is 0 Å². The fraction of sp³-hybridized carbons (Fsp3) is 0.407. The summed E-state index contributed by atoms with van der Waals surface area (Å²) in [6, 6.07) is 12.2. The van der Waals surface area contributed by atoms with Crippen molar-refractivity contribution in [3.63, 3.8) is 0 Å². The zero-order valence-electron chi connectivity index (χ0n) is 23.4. The fourth-order valence-electron chi connectivity index (χ4n) is 3.55. The molecule has 0 aliphatic rings. The van der Waals surface area contributed by atoms with Crippen LogP contribution in [0.15, 0.2) is 58.9 Å². The number of esters is 4. The van der Waals surface area contributed by atoms with E-state index in [0.717, 1.165) is 0 Å². The summed E-state index contributed by atoms with van der Waals surface area (Å²) in [5, 5.41) is 17.1. The molecule has 0 radical (unpaired) electrons. The SMILES string of the molecule is COC(=O)c1ccccc1OC(=O)C(C)(C)CCCCC(C)(N=NO[O-])C(=O)Oc1ccccc1C(=O)OC.[Na+]. The Morgan fingerprint density at radius 2 is 1.20 bits per heavy atom. The molecule has 2 aromatic carbocycles. The molecule has 0 aromatic heterocycles. The second-order valence-corrected chi connectivity index (χ2v) is 9.38. The molecule has 0 bridgehead atoms. The molecule has 210 valence electrons.